The van der Waals surface area contributed by atoms with Gasteiger partial charge in [-0.2, -0.15) is 0 Å². The molecule has 0 bridgehead atoms. The normalized spacial score (nSPS) is 15.0. The molecule has 0 radical (unpaired) electrons. The topological polar surface area (TPSA) is 3.24 Å². The van der Waals surface area contributed by atoms with Gasteiger partial charge in [-0.05, 0) is 117 Å². The molecule has 51 heavy (non-hydrogen) atoms. The van der Waals surface area contributed by atoms with Crippen molar-refractivity contribution in [2.24, 2.45) is 0 Å². The Morgan fingerprint density at radius 1 is 0.529 bits per heavy atom. The van der Waals surface area contributed by atoms with Crippen LogP contribution in [0.1, 0.15) is 74.1 Å². The molecule has 0 spiro atoms. The van der Waals surface area contributed by atoms with Gasteiger partial charge in [0.2, 0.25) is 0 Å². The average molecular weight is 660 g/mol. The van der Waals surface area contributed by atoms with Crippen molar-refractivity contribution in [2.45, 2.75) is 64.2 Å². The molecule has 1 nitrogen and oxygen atoms in total. The molecular weight excluding hydrogens is 615 g/mol. The van der Waals surface area contributed by atoms with Crippen molar-refractivity contribution in [1.82, 2.24) is 0 Å². The Morgan fingerprint density at radius 2 is 1.16 bits per heavy atom. The van der Waals surface area contributed by atoms with Crippen LogP contribution in [0.3, 0.4) is 0 Å². The zero-order valence-corrected chi connectivity index (χ0v) is 30.0. The molecule has 1 fully saturated rings. The van der Waals surface area contributed by atoms with Gasteiger partial charge in [0.05, 0.1) is 5.69 Å². The minimum absolute atomic E-state index is 0.0938. The molecule has 0 aliphatic heterocycles. The van der Waals surface area contributed by atoms with Crippen molar-refractivity contribution in [1.29, 1.82) is 0 Å². The summed E-state index contributed by atoms with van der Waals surface area (Å²) in [5.74, 6) is 0.721. The lowest BCUT2D eigenvalue weighted by molar-refractivity contribution is 0.443. The van der Waals surface area contributed by atoms with E-state index in [2.05, 4.69) is 177 Å². The summed E-state index contributed by atoms with van der Waals surface area (Å²) < 4.78 is 0. The van der Waals surface area contributed by atoms with Crippen LogP contribution in [0, 0.1) is 6.92 Å². The molecule has 0 saturated heterocycles. The van der Waals surface area contributed by atoms with Crippen molar-refractivity contribution in [3.05, 3.63) is 174 Å². The lowest BCUT2D eigenvalue weighted by Gasteiger charge is -2.31. The van der Waals surface area contributed by atoms with Crippen LogP contribution in [-0.4, -0.2) is 0 Å². The maximum Gasteiger partial charge on any atom is 0.0546 e. The summed E-state index contributed by atoms with van der Waals surface area (Å²) >= 11 is 0. The van der Waals surface area contributed by atoms with E-state index in [-0.39, 0.29) is 5.41 Å². The fourth-order valence-corrected chi connectivity index (χ4v) is 9.03. The highest BCUT2D eigenvalue weighted by Crippen LogP contribution is 2.52. The zero-order valence-electron chi connectivity index (χ0n) is 30.0. The molecule has 1 heteroatoms. The van der Waals surface area contributed by atoms with Gasteiger partial charge in [0.25, 0.3) is 0 Å². The fraction of sp³-hybridized carbons (Fsp3) is 0.200. The first-order valence-electron chi connectivity index (χ1n) is 18.8. The third kappa shape index (κ3) is 5.47. The Labute approximate surface area is 303 Å². The number of aryl methyl sites for hydroxylation is 1. The largest absolute Gasteiger partial charge is 0.310 e. The predicted molar refractivity (Wildman–Crippen MR) is 218 cm³/mol. The van der Waals surface area contributed by atoms with E-state index in [1.807, 2.05) is 0 Å². The average Bonchev–Trinajstić information content (AvgIpc) is 3.41. The molecule has 0 N–H and O–H groups in total. The van der Waals surface area contributed by atoms with Gasteiger partial charge in [-0.3, -0.25) is 0 Å². The predicted octanol–water partition coefficient (Wildman–Crippen LogP) is 14.3. The summed E-state index contributed by atoms with van der Waals surface area (Å²) in [6.45, 7) is 6.97. The summed E-state index contributed by atoms with van der Waals surface area (Å²) in [6, 6.07) is 56.9. The van der Waals surface area contributed by atoms with Crippen LogP contribution in [0.25, 0.3) is 44.2 Å². The standard InChI is InChI=1S/C50H45N/c1-34-13-7-9-17-42(34)49-43-18-10-8-16-39(43)27-32-48(49)51(41-30-31-45-44-19-11-12-20-46(44)50(2,3)47(45)33-41)40-28-25-38(26-29-40)37-23-21-36(22-24-37)35-14-5-4-6-15-35/h7-13,16-33,35H,4-6,14-15H2,1-3H3. The number of hydrogen-bond acceptors (Lipinski definition) is 1. The van der Waals surface area contributed by atoms with Gasteiger partial charge in [-0.1, -0.05) is 154 Å². The van der Waals surface area contributed by atoms with Crippen LogP contribution in [0.2, 0.25) is 0 Å². The molecule has 2 aliphatic carbocycles. The van der Waals surface area contributed by atoms with Gasteiger partial charge in [-0.15, -0.1) is 0 Å². The third-order valence-corrected chi connectivity index (χ3v) is 11.8. The maximum absolute atomic E-state index is 2.49. The van der Waals surface area contributed by atoms with Crippen molar-refractivity contribution in [2.75, 3.05) is 4.90 Å². The molecule has 250 valence electrons. The highest BCUT2D eigenvalue weighted by molar-refractivity contribution is 6.06. The quantitative estimate of drug-likeness (QED) is 0.172. The number of nitrogens with zero attached hydrogens (tertiary/aromatic N) is 1. The summed E-state index contributed by atoms with van der Waals surface area (Å²) in [7, 11) is 0. The Bertz CT molecular complexity index is 2370. The van der Waals surface area contributed by atoms with Gasteiger partial charge in [0, 0.05) is 22.4 Å². The number of benzene rings is 7. The highest BCUT2D eigenvalue weighted by atomic mass is 15.1. The highest BCUT2D eigenvalue weighted by Gasteiger charge is 2.36. The molecule has 0 atom stereocenters. The summed E-state index contributed by atoms with van der Waals surface area (Å²) in [4.78, 5) is 2.49. The summed E-state index contributed by atoms with van der Waals surface area (Å²) in [5, 5.41) is 2.51. The first-order valence-corrected chi connectivity index (χ1v) is 18.8. The second kappa shape index (κ2) is 12.7. The van der Waals surface area contributed by atoms with E-state index in [0.717, 1.165) is 11.6 Å². The molecule has 0 aromatic heterocycles. The Morgan fingerprint density at radius 3 is 1.92 bits per heavy atom. The number of rotatable bonds is 6. The van der Waals surface area contributed by atoms with E-state index in [1.165, 1.54) is 110 Å². The van der Waals surface area contributed by atoms with E-state index in [0.29, 0.717) is 0 Å². The van der Waals surface area contributed by atoms with Crippen molar-refractivity contribution in [3.8, 4) is 33.4 Å². The summed E-state index contributed by atoms with van der Waals surface area (Å²) in [6.07, 6.45) is 6.77. The Hall–Kier alpha value is -5.40. The molecule has 0 amide bonds. The zero-order chi connectivity index (χ0) is 34.5. The third-order valence-electron chi connectivity index (χ3n) is 11.8. The van der Waals surface area contributed by atoms with Crippen LogP contribution in [-0.2, 0) is 5.41 Å². The monoisotopic (exact) mass is 659 g/mol. The van der Waals surface area contributed by atoms with E-state index >= 15 is 0 Å². The van der Waals surface area contributed by atoms with Crippen LogP contribution in [0.5, 0.6) is 0 Å². The van der Waals surface area contributed by atoms with Crippen LogP contribution in [0.4, 0.5) is 17.1 Å². The molecular formula is C50H45N. The lowest BCUT2D eigenvalue weighted by Crippen LogP contribution is -2.17. The first-order chi connectivity index (χ1) is 25.0. The lowest BCUT2D eigenvalue weighted by atomic mass is 9.82. The van der Waals surface area contributed by atoms with Gasteiger partial charge in [0.15, 0.2) is 0 Å². The SMILES string of the molecule is Cc1ccccc1-c1c(N(c2ccc(-c3ccc(C4CCCCC4)cc3)cc2)c2ccc3c(c2)C(C)(C)c2ccccc2-3)ccc2ccccc12. The maximum atomic E-state index is 2.49. The second-order valence-electron chi connectivity index (χ2n) is 15.2. The van der Waals surface area contributed by atoms with Crippen molar-refractivity contribution < 1.29 is 0 Å². The molecule has 2 aliphatic rings. The number of hydrogen-bond donors (Lipinski definition) is 0. The van der Waals surface area contributed by atoms with E-state index in [4.69, 9.17) is 0 Å². The second-order valence-corrected chi connectivity index (χ2v) is 15.2. The smallest absolute Gasteiger partial charge is 0.0546 e. The molecule has 9 rings (SSSR count). The molecule has 7 aromatic rings. The minimum Gasteiger partial charge on any atom is -0.310 e. The van der Waals surface area contributed by atoms with Gasteiger partial charge < -0.3 is 4.90 Å². The van der Waals surface area contributed by atoms with Gasteiger partial charge in [-0.25, -0.2) is 0 Å². The molecule has 7 aromatic carbocycles. The van der Waals surface area contributed by atoms with E-state index in [1.54, 1.807) is 0 Å². The van der Waals surface area contributed by atoms with Crippen LogP contribution in [0.15, 0.2) is 152 Å². The molecule has 1 saturated carbocycles. The fourth-order valence-electron chi connectivity index (χ4n) is 9.03. The molecule has 0 heterocycles. The van der Waals surface area contributed by atoms with Crippen molar-refractivity contribution >= 4 is 27.8 Å². The molecule has 0 unspecified atom stereocenters. The minimum atomic E-state index is -0.0938. The van der Waals surface area contributed by atoms with Crippen LogP contribution >= 0.6 is 0 Å². The number of anilines is 3. The summed E-state index contributed by atoms with van der Waals surface area (Å²) in [5.41, 5.74) is 16.7. The van der Waals surface area contributed by atoms with Crippen LogP contribution < -0.4 is 4.90 Å². The van der Waals surface area contributed by atoms with Gasteiger partial charge in [0.1, 0.15) is 0 Å². The Balaban J connectivity index is 1.20. The first kappa shape index (κ1) is 31.6. The van der Waals surface area contributed by atoms with Crippen molar-refractivity contribution in [3.63, 3.8) is 0 Å². The number of fused-ring (bicyclic) bond motifs is 4. The van der Waals surface area contributed by atoms with E-state index < -0.39 is 0 Å². The Kier molecular flexibility index (Phi) is 7.88. The van der Waals surface area contributed by atoms with Gasteiger partial charge >= 0.3 is 0 Å². The van der Waals surface area contributed by atoms with E-state index in [9.17, 15) is 0 Å².